The zero-order chi connectivity index (χ0) is 12.0. The van der Waals surface area contributed by atoms with Crippen molar-refractivity contribution >= 4 is 11.9 Å². The second kappa shape index (κ2) is 7.92. The van der Waals surface area contributed by atoms with Crippen LogP contribution in [0.15, 0.2) is 12.5 Å². The molecule has 8 heteroatoms. The summed E-state index contributed by atoms with van der Waals surface area (Å²) in [5, 5.41) is 13.1. The molecule has 3 N–H and O–H groups in total. The van der Waals surface area contributed by atoms with E-state index in [1.54, 1.807) is 0 Å². The van der Waals surface area contributed by atoms with E-state index in [4.69, 9.17) is 5.73 Å². The van der Waals surface area contributed by atoms with Gasteiger partial charge in [-0.2, -0.15) is 0 Å². The molecule has 0 fully saturated rings. The van der Waals surface area contributed by atoms with Gasteiger partial charge in [-0.25, -0.2) is 0 Å². The fourth-order valence-electron chi connectivity index (χ4n) is 1.17. The van der Waals surface area contributed by atoms with Crippen LogP contribution >= 0.6 is 0 Å². The van der Waals surface area contributed by atoms with Gasteiger partial charge in [-0.1, -0.05) is 18.2 Å². The minimum Gasteiger partial charge on any atom is -0.548 e. The Morgan fingerprint density at radius 3 is 2.76 bits per heavy atom. The maximum absolute atomic E-state index is 11.2. The Morgan fingerprint density at radius 1 is 1.59 bits per heavy atom. The number of carbonyl (C=O) groups is 2. The summed E-state index contributed by atoms with van der Waals surface area (Å²) in [6, 6.07) is -1.10. The minimum absolute atomic E-state index is 0. The number of amides is 1. The van der Waals surface area contributed by atoms with Crippen LogP contribution in [0.3, 0.4) is 0 Å². The van der Waals surface area contributed by atoms with Crippen LogP contribution in [0.5, 0.6) is 0 Å². The molecule has 1 heterocycles. The van der Waals surface area contributed by atoms with Crippen molar-refractivity contribution in [2.75, 3.05) is 6.54 Å². The van der Waals surface area contributed by atoms with Crippen LogP contribution in [0, 0.1) is 0 Å². The molecule has 0 radical (unpaired) electrons. The van der Waals surface area contributed by atoms with Gasteiger partial charge in [-0.05, 0) is 6.42 Å². The van der Waals surface area contributed by atoms with Crippen molar-refractivity contribution in [3.8, 4) is 0 Å². The molecule has 0 bridgehead atoms. The number of nitrogens with zero attached hydrogens (tertiary/aromatic N) is 2. The average Bonchev–Trinajstić information content (AvgIpc) is 2.69. The number of carboxylic acid groups (broad SMARTS) is 1. The first-order chi connectivity index (χ1) is 7.63. The topological polar surface area (TPSA) is 122 Å². The molecule has 17 heavy (non-hydrogen) atoms. The van der Waals surface area contributed by atoms with Crippen LogP contribution < -0.4 is 21.1 Å². The van der Waals surface area contributed by atoms with E-state index in [1.807, 2.05) is 0 Å². The number of carboxylic acids is 1. The van der Waals surface area contributed by atoms with E-state index in [2.05, 4.69) is 15.3 Å². The number of hydrogen-bond acceptors (Lipinski definition) is 5. The molecule has 0 aliphatic rings. The molecule has 1 amide bonds. The van der Waals surface area contributed by atoms with E-state index in [1.165, 1.54) is 12.5 Å². The largest absolute Gasteiger partial charge is 2.00 e. The van der Waals surface area contributed by atoms with E-state index in [0.29, 0.717) is 5.69 Å². The molecular formula is C9H12N4O3Zn. The zero-order valence-corrected chi connectivity index (χ0v) is 12.2. The molecule has 1 atom stereocenters. The number of nitrogens with two attached hydrogens (primary N) is 1. The van der Waals surface area contributed by atoms with Gasteiger partial charge in [-0.15, -0.1) is 0 Å². The van der Waals surface area contributed by atoms with Crippen molar-refractivity contribution in [1.82, 2.24) is 15.3 Å². The Hall–Kier alpha value is -1.27. The molecule has 0 saturated carbocycles. The van der Waals surface area contributed by atoms with Gasteiger partial charge in [0.1, 0.15) is 0 Å². The molecule has 0 aromatic carbocycles. The van der Waals surface area contributed by atoms with Gasteiger partial charge in [0, 0.05) is 13.0 Å². The van der Waals surface area contributed by atoms with Gasteiger partial charge in [0.15, 0.2) is 0 Å². The van der Waals surface area contributed by atoms with E-state index in [-0.39, 0.29) is 38.9 Å². The van der Waals surface area contributed by atoms with Crippen molar-refractivity contribution in [3.63, 3.8) is 0 Å². The Labute approximate surface area is 111 Å². The molecule has 0 aliphatic carbocycles. The van der Waals surface area contributed by atoms with Crippen LogP contribution in [-0.4, -0.2) is 29.4 Å². The third-order valence-corrected chi connectivity index (χ3v) is 1.92. The molecule has 1 rings (SSSR count). The number of rotatable bonds is 6. The normalized spacial score (nSPS) is 11.4. The fraction of sp³-hybridized carbons (Fsp3) is 0.444. The summed E-state index contributed by atoms with van der Waals surface area (Å²) >= 11 is 0. The van der Waals surface area contributed by atoms with E-state index in [0.717, 1.165) is 0 Å². The van der Waals surface area contributed by atoms with Crippen molar-refractivity contribution in [1.29, 1.82) is 0 Å². The summed E-state index contributed by atoms with van der Waals surface area (Å²) < 4.78 is 0. The summed E-state index contributed by atoms with van der Waals surface area (Å²) in [4.78, 5) is 29.4. The Bertz CT molecular complexity index is 355. The average molecular weight is 290 g/mol. The van der Waals surface area contributed by atoms with Crippen molar-refractivity contribution in [2.24, 2.45) is 5.73 Å². The standard InChI is InChI=1S/C9H14N4O3.Zn/c10-2-1-8(14)13-7(9(15)16)3-6-4-11-5-12-6;/h4-5,7H,1-3,10H2,(H3,11,12,13,14,15,16);/q;+2/p-2. The number of aromatic nitrogens is 2. The van der Waals surface area contributed by atoms with Gasteiger partial charge in [0.05, 0.1) is 12.0 Å². The quantitative estimate of drug-likeness (QED) is 0.544. The molecule has 88 valence electrons. The number of hydrogen-bond donors (Lipinski definition) is 2. The smallest absolute Gasteiger partial charge is 0.548 e. The zero-order valence-electron chi connectivity index (χ0n) is 9.26. The van der Waals surface area contributed by atoms with E-state index in [9.17, 15) is 14.7 Å². The van der Waals surface area contributed by atoms with Crippen LogP contribution in [0.1, 0.15) is 12.1 Å². The number of imidazole rings is 1. The first-order valence-electron chi connectivity index (χ1n) is 4.75. The predicted octanol–water partition coefficient (Wildman–Crippen LogP) is -2.84. The Morgan fingerprint density at radius 2 is 2.29 bits per heavy atom. The SMILES string of the molecule is NCCC(=O)NC(Cc1c[n-]cn1)C(=O)[O-].[Zn+2]. The van der Waals surface area contributed by atoms with Crippen molar-refractivity contribution in [3.05, 3.63) is 18.2 Å². The second-order valence-corrected chi connectivity index (χ2v) is 3.20. The summed E-state index contributed by atoms with van der Waals surface area (Å²) in [5.74, 6) is -1.77. The third kappa shape index (κ3) is 5.56. The third-order valence-electron chi connectivity index (χ3n) is 1.92. The van der Waals surface area contributed by atoms with Gasteiger partial charge >= 0.3 is 19.5 Å². The first kappa shape index (κ1) is 15.7. The Balaban J connectivity index is 0.00000256. The predicted molar refractivity (Wildman–Crippen MR) is 51.9 cm³/mol. The summed E-state index contributed by atoms with van der Waals surface area (Å²) in [6.07, 6.45) is 2.88. The van der Waals surface area contributed by atoms with Crippen LogP contribution in [0.4, 0.5) is 0 Å². The van der Waals surface area contributed by atoms with Crippen molar-refractivity contribution < 1.29 is 34.2 Å². The minimum atomic E-state index is -1.35. The van der Waals surface area contributed by atoms with Gasteiger partial charge in [0.2, 0.25) is 5.91 Å². The second-order valence-electron chi connectivity index (χ2n) is 3.20. The summed E-state index contributed by atoms with van der Waals surface area (Å²) in [7, 11) is 0. The number of carbonyl (C=O) groups excluding carboxylic acids is 2. The maximum atomic E-state index is 11.2. The fourth-order valence-corrected chi connectivity index (χ4v) is 1.17. The van der Waals surface area contributed by atoms with Crippen molar-refractivity contribution in [2.45, 2.75) is 18.9 Å². The molecule has 1 unspecified atom stereocenters. The number of aliphatic carboxylic acids is 1. The van der Waals surface area contributed by atoms with E-state index >= 15 is 0 Å². The summed E-state index contributed by atoms with van der Waals surface area (Å²) in [6.45, 7) is 0.168. The molecule has 0 saturated heterocycles. The van der Waals surface area contributed by atoms with Crippen LogP contribution in [-0.2, 0) is 35.5 Å². The Kier molecular flexibility index (Phi) is 7.33. The van der Waals surface area contributed by atoms with Crippen LogP contribution in [0.25, 0.3) is 0 Å². The molecule has 1 aromatic rings. The molecule has 1 aromatic heterocycles. The summed E-state index contributed by atoms with van der Waals surface area (Å²) in [5.41, 5.74) is 5.66. The van der Waals surface area contributed by atoms with E-state index < -0.39 is 17.9 Å². The number of nitrogens with one attached hydrogen (secondary N) is 1. The van der Waals surface area contributed by atoms with Gasteiger partial charge < -0.3 is 30.9 Å². The van der Waals surface area contributed by atoms with Gasteiger partial charge in [0.25, 0.3) is 0 Å². The molecular weight excluding hydrogens is 278 g/mol. The molecule has 0 aliphatic heterocycles. The first-order valence-corrected chi connectivity index (χ1v) is 4.75. The van der Waals surface area contributed by atoms with Gasteiger partial charge in [-0.3, -0.25) is 4.79 Å². The monoisotopic (exact) mass is 288 g/mol. The van der Waals surface area contributed by atoms with Crippen LogP contribution in [0.2, 0.25) is 0 Å². The molecule has 7 nitrogen and oxygen atoms in total. The molecule has 0 spiro atoms. The maximum Gasteiger partial charge on any atom is 2.00 e.